The van der Waals surface area contributed by atoms with Crippen LogP contribution in [0.2, 0.25) is 0 Å². The van der Waals surface area contributed by atoms with Crippen LogP contribution in [0.15, 0.2) is 24.3 Å². The Morgan fingerprint density at radius 1 is 0.952 bits per heavy atom. The molecule has 1 aromatic rings. The zero-order chi connectivity index (χ0) is 14.3. The third-order valence-corrected chi connectivity index (χ3v) is 6.23. The van der Waals surface area contributed by atoms with E-state index in [9.17, 15) is 0 Å². The standard InChI is InChI=1S/C19H27NO/c20-13-14-1-3-18(4-2-14)21-6-5-19-10-15-7-16(11-19)9-17(8-15)12-19/h1-4,15-17H,5-13,20H2. The van der Waals surface area contributed by atoms with E-state index in [1.54, 1.807) is 0 Å². The van der Waals surface area contributed by atoms with E-state index in [1.807, 2.05) is 0 Å². The molecule has 0 spiro atoms. The van der Waals surface area contributed by atoms with E-state index in [0.29, 0.717) is 12.0 Å². The van der Waals surface area contributed by atoms with Gasteiger partial charge < -0.3 is 10.5 Å². The van der Waals surface area contributed by atoms with Crippen LogP contribution in [0.4, 0.5) is 0 Å². The molecule has 4 bridgehead atoms. The van der Waals surface area contributed by atoms with Crippen molar-refractivity contribution in [3.63, 3.8) is 0 Å². The van der Waals surface area contributed by atoms with Gasteiger partial charge in [0.25, 0.3) is 0 Å². The Bertz CT molecular complexity index is 458. The lowest BCUT2D eigenvalue weighted by Crippen LogP contribution is -2.46. The lowest BCUT2D eigenvalue weighted by molar-refractivity contribution is -0.0622. The van der Waals surface area contributed by atoms with E-state index in [2.05, 4.69) is 24.3 Å². The maximum absolute atomic E-state index is 6.00. The van der Waals surface area contributed by atoms with Crippen molar-refractivity contribution in [2.75, 3.05) is 6.61 Å². The van der Waals surface area contributed by atoms with Crippen LogP contribution < -0.4 is 10.5 Å². The van der Waals surface area contributed by atoms with Gasteiger partial charge in [-0.25, -0.2) is 0 Å². The number of hydrogen-bond acceptors (Lipinski definition) is 2. The fourth-order valence-corrected chi connectivity index (χ4v) is 5.70. The lowest BCUT2D eigenvalue weighted by Gasteiger charge is -2.57. The minimum absolute atomic E-state index is 0.605. The molecule has 4 fully saturated rings. The molecule has 4 saturated carbocycles. The minimum atomic E-state index is 0.605. The molecule has 0 aliphatic heterocycles. The summed E-state index contributed by atoms with van der Waals surface area (Å²) >= 11 is 0. The first-order valence-corrected chi connectivity index (χ1v) is 8.66. The van der Waals surface area contributed by atoms with Crippen LogP contribution in [0.1, 0.15) is 50.5 Å². The molecule has 0 aromatic heterocycles. The van der Waals surface area contributed by atoms with Gasteiger partial charge in [0, 0.05) is 6.54 Å². The average Bonchev–Trinajstić information content (AvgIpc) is 2.46. The van der Waals surface area contributed by atoms with Crippen LogP contribution in [0.25, 0.3) is 0 Å². The molecule has 0 heterocycles. The highest BCUT2D eigenvalue weighted by atomic mass is 16.5. The summed E-state index contributed by atoms with van der Waals surface area (Å²) in [6.07, 6.45) is 10.3. The summed E-state index contributed by atoms with van der Waals surface area (Å²) in [6.45, 7) is 1.49. The Kier molecular flexibility index (Phi) is 3.45. The first kappa shape index (κ1) is 13.6. The molecule has 2 nitrogen and oxygen atoms in total. The number of nitrogens with two attached hydrogens (primary N) is 1. The van der Waals surface area contributed by atoms with E-state index in [0.717, 1.165) is 30.1 Å². The molecule has 0 radical (unpaired) electrons. The minimum Gasteiger partial charge on any atom is -0.494 e. The predicted octanol–water partition coefficient (Wildman–Crippen LogP) is 4.13. The van der Waals surface area contributed by atoms with E-state index in [-0.39, 0.29) is 0 Å². The summed E-state index contributed by atoms with van der Waals surface area (Å²) in [5.41, 5.74) is 7.43. The molecule has 1 aromatic carbocycles. The fraction of sp³-hybridized carbons (Fsp3) is 0.684. The van der Waals surface area contributed by atoms with Gasteiger partial charge in [0.2, 0.25) is 0 Å². The van der Waals surface area contributed by atoms with Crippen LogP contribution in [0.5, 0.6) is 5.75 Å². The lowest BCUT2D eigenvalue weighted by atomic mass is 9.49. The second-order valence-corrected chi connectivity index (χ2v) is 7.86. The van der Waals surface area contributed by atoms with E-state index in [1.165, 1.54) is 50.5 Å². The number of rotatable bonds is 5. The molecule has 0 saturated heterocycles. The first-order valence-electron chi connectivity index (χ1n) is 8.66. The van der Waals surface area contributed by atoms with E-state index >= 15 is 0 Å². The van der Waals surface area contributed by atoms with Crippen LogP contribution >= 0.6 is 0 Å². The topological polar surface area (TPSA) is 35.2 Å². The molecule has 21 heavy (non-hydrogen) atoms. The first-order chi connectivity index (χ1) is 10.2. The third kappa shape index (κ3) is 2.70. The summed E-state index contributed by atoms with van der Waals surface area (Å²) in [5.74, 6) is 4.12. The molecule has 0 amide bonds. The molecule has 4 aliphatic carbocycles. The highest BCUT2D eigenvalue weighted by Crippen LogP contribution is 2.61. The maximum atomic E-state index is 6.00. The van der Waals surface area contributed by atoms with E-state index in [4.69, 9.17) is 10.5 Å². The van der Waals surface area contributed by atoms with Crippen molar-refractivity contribution in [2.24, 2.45) is 28.9 Å². The molecular formula is C19H27NO. The van der Waals surface area contributed by atoms with Gasteiger partial charge in [-0.15, -0.1) is 0 Å². The van der Waals surface area contributed by atoms with Crippen molar-refractivity contribution in [2.45, 2.75) is 51.5 Å². The molecule has 2 N–H and O–H groups in total. The van der Waals surface area contributed by atoms with Crippen molar-refractivity contribution in [1.82, 2.24) is 0 Å². The number of hydrogen-bond donors (Lipinski definition) is 1. The van der Waals surface area contributed by atoms with Gasteiger partial charge in [-0.05, 0) is 85.8 Å². The summed E-state index contributed by atoms with van der Waals surface area (Å²) in [7, 11) is 0. The highest BCUT2D eigenvalue weighted by Gasteiger charge is 2.50. The maximum Gasteiger partial charge on any atom is 0.119 e. The number of ether oxygens (including phenoxy) is 1. The predicted molar refractivity (Wildman–Crippen MR) is 85.1 cm³/mol. The molecule has 2 heteroatoms. The van der Waals surface area contributed by atoms with Crippen molar-refractivity contribution < 1.29 is 4.74 Å². The van der Waals surface area contributed by atoms with Gasteiger partial charge in [-0.3, -0.25) is 0 Å². The van der Waals surface area contributed by atoms with Gasteiger partial charge in [0.15, 0.2) is 0 Å². The van der Waals surface area contributed by atoms with Gasteiger partial charge in [-0.2, -0.15) is 0 Å². The van der Waals surface area contributed by atoms with Crippen molar-refractivity contribution >= 4 is 0 Å². The molecule has 0 atom stereocenters. The van der Waals surface area contributed by atoms with E-state index < -0.39 is 0 Å². The Labute approximate surface area is 128 Å². The zero-order valence-electron chi connectivity index (χ0n) is 12.9. The SMILES string of the molecule is NCc1ccc(OCCC23CC4CC(CC(C4)C2)C3)cc1. The van der Waals surface area contributed by atoms with Crippen molar-refractivity contribution in [1.29, 1.82) is 0 Å². The Morgan fingerprint density at radius 2 is 1.52 bits per heavy atom. The average molecular weight is 285 g/mol. The normalized spacial score (nSPS) is 36.9. The van der Waals surface area contributed by atoms with Gasteiger partial charge >= 0.3 is 0 Å². The molecule has 114 valence electrons. The highest BCUT2D eigenvalue weighted by molar-refractivity contribution is 5.27. The Balaban J connectivity index is 1.34. The second-order valence-electron chi connectivity index (χ2n) is 7.86. The summed E-state index contributed by atoms with van der Waals surface area (Å²) in [4.78, 5) is 0. The summed E-state index contributed by atoms with van der Waals surface area (Å²) < 4.78 is 6.00. The van der Waals surface area contributed by atoms with Crippen molar-refractivity contribution in [3.05, 3.63) is 29.8 Å². The molecule has 0 unspecified atom stereocenters. The zero-order valence-corrected chi connectivity index (χ0v) is 12.9. The Hall–Kier alpha value is -1.02. The number of benzene rings is 1. The van der Waals surface area contributed by atoms with Crippen LogP contribution in [0.3, 0.4) is 0 Å². The smallest absolute Gasteiger partial charge is 0.119 e. The van der Waals surface area contributed by atoms with Gasteiger partial charge in [0.05, 0.1) is 6.61 Å². The van der Waals surface area contributed by atoms with Gasteiger partial charge in [0.1, 0.15) is 5.75 Å². The molecule has 5 rings (SSSR count). The summed E-state index contributed by atoms with van der Waals surface area (Å²) in [5, 5.41) is 0. The largest absolute Gasteiger partial charge is 0.494 e. The van der Waals surface area contributed by atoms with Crippen LogP contribution in [-0.4, -0.2) is 6.61 Å². The van der Waals surface area contributed by atoms with Crippen LogP contribution in [-0.2, 0) is 6.54 Å². The monoisotopic (exact) mass is 285 g/mol. The molecule has 4 aliphatic rings. The van der Waals surface area contributed by atoms with Gasteiger partial charge in [-0.1, -0.05) is 12.1 Å². The third-order valence-electron chi connectivity index (χ3n) is 6.23. The second kappa shape index (κ2) is 5.31. The quantitative estimate of drug-likeness (QED) is 0.883. The summed E-state index contributed by atoms with van der Waals surface area (Å²) in [6, 6.07) is 8.25. The van der Waals surface area contributed by atoms with Crippen molar-refractivity contribution in [3.8, 4) is 5.75 Å². The Morgan fingerprint density at radius 3 is 2.05 bits per heavy atom. The van der Waals surface area contributed by atoms with Crippen LogP contribution in [0, 0.1) is 23.2 Å². The fourth-order valence-electron chi connectivity index (χ4n) is 5.70. The molecular weight excluding hydrogens is 258 g/mol.